The molecule has 3 aromatic rings. The zero-order valence-corrected chi connectivity index (χ0v) is 11.7. The average molecular weight is 311 g/mol. The minimum atomic E-state index is -4.45. The number of aryl methyl sites for hydroxylation is 1. The first-order valence-electron chi connectivity index (χ1n) is 6.18. The molecule has 2 nitrogen and oxygen atoms in total. The van der Waals surface area contributed by atoms with Gasteiger partial charge in [-0.25, -0.2) is 0 Å². The summed E-state index contributed by atoms with van der Waals surface area (Å²) in [5.74, 6) is 0. The van der Waals surface area contributed by atoms with Gasteiger partial charge in [0.05, 0.1) is 22.3 Å². The topological polar surface area (TPSA) is 28.7 Å². The summed E-state index contributed by atoms with van der Waals surface area (Å²) in [7, 11) is 0. The molecule has 0 bridgehead atoms. The van der Waals surface area contributed by atoms with Crippen molar-refractivity contribution in [1.82, 2.24) is 10.2 Å². The number of benzene rings is 2. The van der Waals surface area contributed by atoms with Crippen LogP contribution in [0.5, 0.6) is 0 Å². The first kappa shape index (κ1) is 13.9. The minimum absolute atomic E-state index is 0.299. The van der Waals surface area contributed by atoms with Crippen LogP contribution in [0.2, 0.25) is 5.02 Å². The van der Waals surface area contributed by atoms with E-state index < -0.39 is 11.7 Å². The van der Waals surface area contributed by atoms with Gasteiger partial charge in [-0.15, -0.1) is 0 Å². The summed E-state index contributed by atoms with van der Waals surface area (Å²) >= 11 is 5.77. The van der Waals surface area contributed by atoms with Gasteiger partial charge < -0.3 is 0 Å². The van der Waals surface area contributed by atoms with E-state index in [2.05, 4.69) is 10.2 Å². The Morgan fingerprint density at radius 2 is 1.90 bits per heavy atom. The summed E-state index contributed by atoms with van der Waals surface area (Å²) in [6, 6.07) is 7.48. The van der Waals surface area contributed by atoms with Crippen LogP contribution < -0.4 is 0 Å². The largest absolute Gasteiger partial charge is 0.417 e. The molecule has 0 saturated carbocycles. The Balaban J connectivity index is 2.15. The SMILES string of the molecule is Cc1c(-c2ccc(C(F)(F)F)c(Cl)c2)ccc2[nH]ncc12. The van der Waals surface area contributed by atoms with Crippen molar-refractivity contribution in [3.8, 4) is 11.1 Å². The average Bonchev–Trinajstić information content (AvgIpc) is 2.86. The van der Waals surface area contributed by atoms with Gasteiger partial charge in [0, 0.05) is 5.39 Å². The molecule has 0 aliphatic rings. The Bertz CT molecular complexity index is 821. The van der Waals surface area contributed by atoms with Crippen molar-refractivity contribution in [1.29, 1.82) is 0 Å². The Labute approximate surface area is 123 Å². The molecule has 0 saturated heterocycles. The molecule has 0 aliphatic heterocycles. The Kier molecular flexibility index (Phi) is 3.17. The van der Waals surface area contributed by atoms with Gasteiger partial charge in [0.15, 0.2) is 0 Å². The molecule has 6 heteroatoms. The molecule has 0 unspecified atom stereocenters. The van der Waals surface area contributed by atoms with Crippen LogP contribution in [-0.2, 0) is 6.18 Å². The van der Waals surface area contributed by atoms with Crippen LogP contribution >= 0.6 is 11.6 Å². The lowest BCUT2D eigenvalue weighted by atomic mass is 9.97. The van der Waals surface area contributed by atoms with Gasteiger partial charge in [0.1, 0.15) is 0 Å². The van der Waals surface area contributed by atoms with Crippen molar-refractivity contribution in [3.63, 3.8) is 0 Å². The van der Waals surface area contributed by atoms with Crippen LogP contribution in [0.1, 0.15) is 11.1 Å². The molecule has 0 aliphatic carbocycles. The Morgan fingerprint density at radius 3 is 2.57 bits per heavy atom. The van der Waals surface area contributed by atoms with Crippen molar-refractivity contribution in [2.24, 2.45) is 0 Å². The number of halogens is 4. The number of aromatic amines is 1. The molecule has 0 fully saturated rings. The normalized spacial score (nSPS) is 12.0. The summed E-state index contributed by atoms with van der Waals surface area (Å²) in [4.78, 5) is 0. The lowest BCUT2D eigenvalue weighted by Crippen LogP contribution is -2.05. The molecule has 1 aromatic heterocycles. The van der Waals surface area contributed by atoms with E-state index in [1.54, 1.807) is 6.20 Å². The fraction of sp³-hybridized carbons (Fsp3) is 0.133. The predicted molar refractivity (Wildman–Crippen MR) is 76.3 cm³/mol. The van der Waals surface area contributed by atoms with E-state index in [4.69, 9.17) is 11.6 Å². The maximum atomic E-state index is 12.7. The highest BCUT2D eigenvalue weighted by molar-refractivity contribution is 6.31. The van der Waals surface area contributed by atoms with Crippen LogP contribution in [0.4, 0.5) is 13.2 Å². The highest BCUT2D eigenvalue weighted by Crippen LogP contribution is 2.38. The number of fused-ring (bicyclic) bond motifs is 1. The van der Waals surface area contributed by atoms with Crippen molar-refractivity contribution < 1.29 is 13.2 Å². The zero-order chi connectivity index (χ0) is 15.2. The molecular formula is C15H10ClF3N2. The van der Waals surface area contributed by atoms with Gasteiger partial charge in [-0.05, 0) is 41.8 Å². The number of H-pyrrole nitrogens is 1. The lowest BCUT2D eigenvalue weighted by molar-refractivity contribution is -0.137. The number of alkyl halides is 3. The molecule has 2 aromatic carbocycles. The number of rotatable bonds is 1. The van der Waals surface area contributed by atoms with Gasteiger partial charge >= 0.3 is 6.18 Å². The second-order valence-electron chi connectivity index (χ2n) is 4.76. The van der Waals surface area contributed by atoms with Gasteiger partial charge in [-0.3, -0.25) is 5.10 Å². The highest BCUT2D eigenvalue weighted by atomic mass is 35.5. The van der Waals surface area contributed by atoms with E-state index >= 15 is 0 Å². The molecule has 0 atom stereocenters. The first-order valence-corrected chi connectivity index (χ1v) is 6.55. The molecule has 3 rings (SSSR count). The molecule has 0 amide bonds. The van der Waals surface area contributed by atoms with Crippen molar-refractivity contribution in [2.45, 2.75) is 13.1 Å². The number of hydrogen-bond donors (Lipinski definition) is 1. The smallest absolute Gasteiger partial charge is 0.278 e. The third-order valence-electron chi connectivity index (χ3n) is 3.48. The van der Waals surface area contributed by atoms with E-state index in [9.17, 15) is 13.2 Å². The lowest BCUT2D eigenvalue weighted by Gasteiger charge is -2.12. The fourth-order valence-corrected chi connectivity index (χ4v) is 2.67. The van der Waals surface area contributed by atoms with Crippen LogP contribution in [0.25, 0.3) is 22.0 Å². The zero-order valence-electron chi connectivity index (χ0n) is 10.9. The summed E-state index contributed by atoms with van der Waals surface area (Å²) in [6.45, 7) is 1.90. The van der Waals surface area contributed by atoms with Gasteiger partial charge in [-0.1, -0.05) is 23.7 Å². The summed E-state index contributed by atoms with van der Waals surface area (Å²) in [5, 5.41) is 7.45. The van der Waals surface area contributed by atoms with E-state index in [0.29, 0.717) is 5.56 Å². The maximum absolute atomic E-state index is 12.7. The van der Waals surface area contributed by atoms with Gasteiger partial charge in [0.2, 0.25) is 0 Å². The monoisotopic (exact) mass is 310 g/mol. The van der Waals surface area contributed by atoms with E-state index in [1.165, 1.54) is 12.1 Å². The van der Waals surface area contributed by atoms with Gasteiger partial charge in [-0.2, -0.15) is 18.3 Å². The van der Waals surface area contributed by atoms with Gasteiger partial charge in [0.25, 0.3) is 0 Å². The Morgan fingerprint density at radius 1 is 1.14 bits per heavy atom. The van der Waals surface area contributed by atoms with E-state index in [1.807, 2.05) is 19.1 Å². The third-order valence-corrected chi connectivity index (χ3v) is 3.79. The summed E-state index contributed by atoms with van der Waals surface area (Å²) in [5.41, 5.74) is 2.48. The molecule has 108 valence electrons. The quantitative estimate of drug-likeness (QED) is 0.656. The predicted octanol–water partition coefficient (Wildman–Crippen LogP) is 5.21. The number of nitrogens with one attached hydrogen (secondary N) is 1. The second-order valence-corrected chi connectivity index (χ2v) is 5.17. The molecule has 21 heavy (non-hydrogen) atoms. The van der Waals surface area contributed by atoms with Crippen molar-refractivity contribution in [2.75, 3.05) is 0 Å². The van der Waals surface area contributed by atoms with E-state index in [0.717, 1.165) is 28.1 Å². The number of hydrogen-bond acceptors (Lipinski definition) is 1. The molecular weight excluding hydrogens is 301 g/mol. The number of nitrogens with zero attached hydrogens (tertiary/aromatic N) is 1. The first-order chi connectivity index (χ1) is 9.88. The second kappa shape index (κ2) is 4.77. The molecule has 0 radical (unpaired) electrons. The highest BCUT2D eigenvalue weighted by Gasteiger charge is 2.33. The fourth-order valence-electron chi connectivity index (χ4n) is 2.38. The third kappa shape index (κ3) is 2.38. The van der Waals surface area contributed by atoms with Crippen LogP contribution in [-0.4, -0.2) is 10.2 Å². The number of aromatic nitrogens is 2. The maximum Gasteiger partial charge on any atom is 0.417 e. The van der Waals surface area contributed by atoms with Crippen LogP contribution in [0.15, 0.2) is 36.5 Å². The van der Waals surface area contributed by atoms with Crippen LogP contribution in [0.3, 0.4) is 0 Å². The standard InChI is InChI=1S/C15H10ClF3N2/c1-8-10(3-5-14-11(8)7-20-21-14)9-2-4-12(13(16)6-9)15(17,18)19/h2-7H,1H3,(H,20,21). The van der Waals surface area contributed by atoms with Crippen LogP contribution in [0, 0.1) is 6.92 Å². The molecule has 0 spiro atoms. The van der Waals surface area contributed by atoms with Crippen molar-refractivity contribution in [3.05, 3.63) is 52.7 Å². The minimum Gasteiger partial charge on any atom is -0.278 e. The van der Waals surface area contributed by atoms with E-state index in [-0.39, 0.29) is 5.02 Å². The molecule has 1 heterocycles. The Hall–Kier alpha value is -2.01. The summed E-state index contributed by atoms with van der Waals surface area (Å²) < 4.78 is 38.2. The molecule has 1 N–H and O–H groups in total. The van der Waals surface area contributed by atoms with Crippen molar-refractivity contribution >= 4 is 22.5 Å². The summed E-state index contributed by atoms with van der Waals surface area (Å²) in [6.07, 6.45) is -2.75.